The minimum atomic E-state index is -0.487. The van der Waals surface area contributed by atoms with E-state index in [1.165, 1.54) is 16.8 Å². The summed E-state index contributed by atoms with van der Waals surface area (Å²) in [4.78, 5) is 0. The van der Waals surface area contributed by atoms with Gasteiger partial charge >= 0.3 is 0 Å². The molecular formula is C17H17Cl2FN2O. The summed E-state index contributed by atoms with van der Waals surface area (Å²) in [6.07, 6.45) is 3.91. The van der Waals surface area contributed by atoms with E-state index < -0.39 is 5.82 Å². The Morgan fingerprint density at radius 1 is 1.35 bits per heavy atom. The van der Waals surface area contributed by atoms with Crippen molar-refractivity contribution in [3.8, 4) is 11.4 Å². The molecule has 0 atom stereocenters. The Labute approximate surface area is 144 Å². The Morgan fingerprint density at radius 2 is 2.09 bits per heavy atom. The first kappa shape index (κ1) is 16.3. The van der Waals surface area contributed by atoms with Crippen molar-refractivity contribution in [2.75, 3.05) is 6.61 Å². The molecule has 0 aliphatic heterocycles. The van der Waals surface area contributed by atoms with Gasteiger partial charge in [0.1, 0.15) is 23.2 Å². The van der Waals surface area contributed by atoms with Gasteiger partial charge < -0.3 is 4.74 Å². The molecule has 1 aromatic heterocycles. The van der Waals surface area contributed by atoms with Gasteiger partial charge in [-0.2, -0.15) is 5.10 Å². The van der Waals surface area contributed by atoms with Crippen molar-refractivity contribution in [3.63, 3.8) is 0 Å². The molecule has 3 nitrogen and oxygen atoms in total. The van der Waals surface area contributed by atoms with Crippen molar-refractivity contribution in [2.24, 2.45) is 0 Å². The summed E-state index contributed by atoms with van der Waals surface area (Å²) >= 11 is 12.5. The van der Waals surface area contributed by atoms with Gasteiger partial charge in [0.25, 0.3) is 0 Å². The minimum Gasteiger partial charge on any atom is -0.488 e. The molecule has 23 heavy (non-hydrogen) atoms. The Hall–Kier alpha value is -1.52. The van der Waals surface area contributed by atoms with Crippen LogP contribution < -0.4 is 4.74 Å². The second-order valence-electron chi connectivity index (χ2n) is 5.81. The van der Waals surface area contributed by atoms with Crippen molar-refractivity contribution < 1.29 is 9.13 Å². The first-order valence-corrected chi connectivity index (χ1v) is 8.26. The fraction of sp³-hybridized carbons (Fsp3) is 0.353. The second-order valence-corrected chi connectivity index (χ2v) is 6.58. The lowest BCUT2D eigenvalue weighted by molar-refractivity contribution is 0.352. The summed E-state index contributed by atoms with van der Waals surface area (Å²) in [6, 6.07) is 2.76. The molecule has 6 heteroatoms. The molecule has 2 aromatic rings. The third-order valence-electron chi connectivity index (χ3n) is 3.80. The molecule has 0 fully saturated rings. The van der Waals surface area contributed by atoms with Crippen molar-refractivity contribution in [1.29, 1.82) is 0 Å². The van der Waals surface area contributed by atoms with Gasteiger partial charge in [0.2, 0.25) is 0 Å². The molecule has 0 amide bonds. The number of fused-ring (bicyclic) bond motifs is 1. The van der Waals surface area contributed by atoms with E-state index in [2.05, 4.69) is 11.7 Å². The van der Waals surface area contributed by atoms with E-state index in [0.29, 0.717) is 17.5 Å². The number of ether oxygens (including phenoxy) is 1. The van der Waals surface area contributed by atoms with Gasteiger partial charge in [0.15, 0.2) is 5.82 Å². The summed E-state index contributed by atoms with van der Waals surface area (Å²) in [5.41, 5.74) is 3.04. The van der Waals surface area contributed by atoms with Gasteiger partial charge in [0.05, 0.1) is 10.7 Å². The number of halogens is 3. The van der Waals surface area contributed by atoms with Crippen LogP contribution in [0.25, 0.3) is 5.69 Å². The van der Waals surface area contributed by atoms with E-state index in [9.17, 15) is 4.39 Å². The summed E-state index contributed by atoms with van der Waals surface area (Å²) < 4.78 is 21.4. The molecule has 1 aliphatic carbocycles. The highest BCUT2D eigenvalue weighted by Crippen LogP contribution is 2.34. The third-order valence-corrected chi connectivity index (χ3v) is 4.48. The van der Waals surface area contributed by atoms with Gasteiger partial charge in [-0.25, -0.2) is 9.07 Å². The molecule has 3 rings (SSSR count). The zero-order chi connectivity index (χ0) is 16.6. The highest BCUT2D eigenvalue weighted by molar-refractivity contribution is 6.32. The SMILES string of the molecule is C=C(C)COc1cc(-n2nc3c(c2Cl)CCCC3)c(F)cc1Cl. The second kappa shape index (κ2) is 6.54. The van der Waals surface area contributed by atoms with Crippen LogP contribution in [0.4, 0.5) is 4.39 Å². The highest BCUT2D eigenvalue weighted by atomic mass is 35.5. The zero-order valence-corrected chi connectivity index (χ0v) is 14.3. The molecule has 0 spiro atoms. The van der Waals surface area contributed by atoms with Gasteiger partial charge in [-0.05, 0) is 44.2 Å². The van der Waals surface area contributed by atoms with Crippen molar-refractivity contribution in [3.05, 3.63) is 51.5 Å². The molecule has 0 unspecified atom stereocenters. The zero-order valence-electron chi connectivity index (χ0n) is 12.8. The van der Waals surface area contributed by atoms with Gasteiger partial charge in [0, 0.05) is 11.6 Å². The number of hydrogen-bond donors (Lipinski definition) is 0. The Balaban J connectivity index is 2.04. The summed E-state index contributed by atoms with van der Waals surface area (Å²) in [5.74, 6) is -0.102. The average molecular weight is 355 g/mol. The largest absolute Gasteiger partial charge is 0.488 e. The predicted molar refractivity (Wildman–Crippen MR) is 90.5 cm³/mol. The van der Waals surface area contributed by atoms with Crippen molar-refractivity contribution >= 4 is 23.2 Å². The maximum absolute atomic E-state index is 14.4. The van der Waals surface area contributed by atoms with Crippen LogP contribution in [0.1, 0.15) is 31.0 Å². The number of benzene rings is 1. The molecular weight excluding hydrogens is 338 g/mol. The van der Waals surface area contributed by atoms with Crippen LogP contribution in [0.3, 0.4) is 0 Å². The molecule has 0 bridgehead atoms. The van der Waals surface area contributed by atoms with Crippen LogP contribution in [-0.2, 0) is 12.8 Å². The van der Waals surface area contributed by atoms with Crippen LogP contribution in [0.5, 0.6) is 5.75 Å². The monoisotopic (exact) mass is 354 g/mol. The molecule has 0 saturated heterocycles. The standard InChI is InChI=1S/C17H17Cl2FN2O/c1-10(2)9-23-16-8-15(13(20)7-12(16)18)22-17(19)11-5-3-4-6-14(11)21-22/h7-8H,1,3-6,9H2,2H3. The van der Waals surface area contributed by atoms with Crippen LogP contribution >= 0.6 is 23.2 Å². The van der Waals surface area contributed by atoms with Gasteiger partial charge in [-0.1, -0.05) is 29.8 Å². The number of hydrogen-bond acceptors (Lipinski definition) is 2. The highest BCUT2D eigenvalue weighted by Gasteiger charge is 2.22. The fourth-order valence-electron chi connectivity index (χ4n) is 2.67. The molecule has 122 valence electrons. The van der Waals surface area contributed by atoms with E-state index in [4.69, 9.17) is 27.9 Å². The summed E-state index contributed by atoms with van der Waals surface area (Å²) in [6.45, 7) is 5.93. The van der Waals surface area contributed by atoms with E-state index in [1.807, 2.05) is 6.92 Å². The number of aryl methyl sites for hydroxylation is 1. The fourth-order valence-corrected chi connectivity index (χ4v) is 3.20. The van der Waals surface area contributed by atoms with Crippen LogP contribution in [0, 0.1) is 5.82 Å². The topological polar surface area (TPSA) is 27.1 Å². The average Bonchev–Trinajstić information content (AvgIpc) is 2.84. The van der Waals surface area contributed by atoms with E-state index in [-0.39, 0.29) is 10.7 Å². The predicted octanol–water partition coefficient (Wildman–Crippen LogP) is 5.15. The summed E-state index contributed by atoms with van der Waals surface area (Å²) in [5, 5.41) is 5.15. The van der Waals surface area contributed by atoms with Gasteiger partial charge in [-0.3, -0.25) is 0 Å². The van der Waals surface area contributed by atoms with Crippen molar-refractivity contribution in [1.82, 2.24) is 9.78 Å². The molecule has 0 saturated carbocycles. The minimum absolute atomic E-state index is 0.209. The number of aromatic nitrogens is 2. The molecule has 1 heterocycles. The molecule has 0 radical (unpaired) electrons. The first-order valence-electron chi connectivity index (χ1n) is 7.50. The lowest BCUT2D eigenvalue weighted by atomic mass is 9.99. The normalized spacial score (nSPS) is 13.7. The number of nitrogens with zero attached hydrogens (tertiary/aromatic N) is 2. The number of rotatable bonds is 4. The Bertz CT molecular complexity index is 770. The first-order chi connectivity index (χ1) is 11.0. The molecule has 0 N–H and O–H groups in total. The Morgan fingerprint density at radius 3 is 2.78 bits per heavy atom. The van der Waals surface area contributed by atoms with E-state index >= 15 is 0 Å². The molecule has 1 aliphatic rings. The Kier molecular flexibility index (Phi) is 4.64. The van der Waals surface area contributed by atoms with Crippen LogP contribution in [0.2, 0.25) is 10.2 Å². The van der Waals surface area contributed by atoms with Crippen molar-refractivity contribution in [2.45, 2.75) is 32.6 Å². The lowest BCUT2D eigenvalue weighted by Crippen LogP contribution is -2.04. The van der Waals surface area contributed by atoms with Crippen LogP contribution in [0.15, 0.2) is 24.3 Å². The van der Waals surface area contributed by atoms with E-state index in [0.717, 1.165) is 42.5 Å². The maximum atomic E-state index is 14.4. The summed E-state index contributed by atoms with van der Waals surface area (Å²) in [7, 11) is 0. The van der Waals surface area contributed by atoms with Crippen LogP contribution in [-0.4, -0.2) is 16.4 Å². The quantitative estimate of drug-likeness (QED) is 0.709. The van der Waals surface area contributed by atoms with E-state index in [1.54, 1.807) is 0 Å². The third kappa shape index (κ3) is 3.24. The molecule has 1 aromatic carbocycles. The van der Waals surface area contributed by atoms with Gasteiger partial charge in [-0.15, -0.1) is 0 Å². The smallest absolute Gasteiger partial charge is 0.150 e. The lowest BCUT2D eigenvalue weighted by Gasteiger charge is -2.12. The maximum Gasteiger partial charge on any atom is 0.150 e.